The Kier molecular flexibility index (Phi) is 4.32. The summed E-state index contributed by atoms with van der Waals surface area (Å²) in [5.41, 5.74) is 1.63. The molecule has 0 radical (unpaired) electrons. The summed E-state index contributed by atoms with van der Waals surface area (Å²) >= 11 is 11.8. The van der Waals surface area contributed by atoms with E-state index in [0.717, 1.165) is 11.0 Å². The molecular weight excluding hydrogens is 285 g/mol. The van der Waals surface area contributed by atoms with E-state index in [1.807, 2.05) is 17.6 Å². The van der Waals surface area contributed by atoms with Gasteiger partial charge >= 0.3 is 0 Å². The van der Waals surface area contributed by atoms with E-state index in [4.69, 9.17) is 23.2 Å². The number of hydrogen-bond acceptors (Lipinski definition) is 2. The molecule has 6 heteroatoms. The minimum Gasteiger partial charge on any atom is -0.344 e. The first-order valence-corrected chi connectivity index (χ1v) is 6.92. The quantitative estimate of drug-likeness (QED) is 0.814. The molecule has 0 bridgehead atoms. The molecule has 0 atom stereocenters. The van der Waals surface area contributed by atoms with Crippen LogP contribution in [0.4, 0.5) is 0 Å². The predicted molar refractivity (Wildman–Crippen MR) is 77.6 cm³/mol. The van der Waals surface area contributed by atoms with Crippen molar-refractivity contribution in [1.29, 1.82) is 0 Å². The normalized spacial score (nSPS) is 10.9. The molecule has 1 amide bonds. The van der Waals surface area contributed by atoms with Crippen molar-refractivity contribution in [3.05, 3.63) is 29.0 Å². The van der Waals surface area contributed by atoms with E-state index in [2.05, 4.69) is 4.98 Å². The van der Waals surface area contributed by atoms with Gasteiger partial charge in [0, 0.05) is 18.6 Å². The summed E-state index contributed by atoms with van der Waals surface area (Å²) in [5, 5.41) is 0.621. The average Bonchev–Trinajstić information content (AvgIpc) is 2.74. The van der Waals surface area contributed by atoms with Crippen molar-refractivity contribution in [3.8, 4) is 0 Å². The number of fused-ring (bicyclic) bond motifs is 1. The summed E-state index contributed by atoms with van der Waals surface area (Å²) in [6.45, 7) is 2.85. The molecule has 19 heavy (non-hydrogen) atoms. The molecule has 102 valence electrons. The summed E-state index contributed by atoms with van der Waals surface area (Å²) in [6, 6.07) is 5.42. The summed E-state index contributed by atoms with van der Waals surface area (Å²) in [5.74, 6) is 0.968. The molecule has 2 rings (SSSR count). The van der Waals surface area contributed by atoms with Crippen LogP contribution in [0.15, 0.2) is 18.2 Å². The molecule has 0 unspecified atom stereocenters. The first-order valence-electron chi connectivity index (χ1n) is 6.01. The molecule has 0 aliphatic heterocycles. The third-order valence-corrected chi connectivity index (χ3v) is 3.58. The fraction of sp³-hybridized carbons (Fsp3) is 0.385. The van der Waals surface area contributed by atoms with Crippen LogP contribution in [-0.4, -0.2) is 34.0 Å². The molecule has 1 heterocycles. The average molecular weight is 300 g/mol. The molecule has 1 aromatic carbocycles. The number of likely N-dealkylation sites (N-methyl/N-ethyl adjacent to an activating group) is 1. The number of carbonyl (C=O) groups excluding carboxylic acids is 1. The van der Waals surface area contributed by atoms with Gasteiger partial charge in [0.25, 0.3) is 0 Å². The van der Waals surface area contributed by atoms with E-state index in [1.54, 1.807) is 24.1 Å². The second kappa shape index (κ2) is 5.80. The second-order valence-corrected chi connectivity index (χ2v) is 4.99. The maximum Gasteiger partial charge on any atom is 0.242 e. The summed E-state index contributed by atoms with van der Waals surface area (Å²) in [6.07, 6.45) is 0. The highest BCUT2D eigenvalue weighted by molar-refractivity contribution is 6.31. The standard InChI is InChI=1S/C13H15Cl2N3O/c1-3-17(2)13(19)8-18-11-5-4-9(15)6-10(11)16-12(18)7-14/h4-6H,3,7-8H2,1-2H3. The zero-order chi connectivity index (χ0) is 14.0. The molecule has 0 fully saturated rings. The first kappa shape index (κ1) is 14.2. The van der Waals surface area contributed by atoms with Crippen LogP contribution in [0.5, 0.6) is 0 Å². The van der Waals surface area contributed by atoms with Crippen molar-refractivity contribution in [3.63, 3.8) is 0 Å². The highest BCUT2D eigenvalue weighted by atomic mass is 35.5. The molecule has 0 saturated carbocycles. The van der Waals surface area contributed by atoms with Crippen LogP contribution < -0.4 is 0 Å². The van der Waals surface area contributed by atoms with E-state index < -0.39 is 0 Å². The number of hydrogen-bond donors (Lipinski definition) is 0. The number of aromatic nitrogens is 2. The van der Waals surface area contributed by atoms with Gasteiger partial charge in [0.05, 0.1) is 16.9 Å². The number of rotatable bonds is 4. The lowest BCUT2D eigenvalue weighted by Gasteiger charge is -2.16. The Labute approximate surface area is 121 Å². The van der Waals surface area contributed by atoms with Gasteiger partial charge in [-0.3, -0.25) is 4.79 Å². The topological polar surface area (TPSA) is 38.1 Å². The maximum absolute atomic E-state index is 12.0. The van der Waals surface area contributed by atoms with Gasteiger partial charge < -0.3 is 9.47 Å². The summed E-state index contributed by atoms with van der Waals surface area (Å²) in [7, 11) is 1.78. The van der Waals surface area contributed by atoms with Crippen LogP contribution in [-0.2, 0) is 17.2 Å². The van der Waals surface area contributed by atoms with Crippen LogP contribution >= 0.6 is 23.2 Å². The Morgan fingerprint density at radius 3 is 2.84 bits per heavy atom. The minimum atomic E-state index is 0.0307. The van der Waals surface area contributed by atoms with Gasteiger partial charge in [0.2, 0.25) is 5.91 Å². The molecule has 4 nitrogen and oxygen atoms in total. The van der Waals surface area contributed by atoms with E-state index in [1.165, 1.54) is 0 Å². The highest BCUT2D eigenvalue weighted by Crippen LogP contribution is 2.21. The molecule has 0 saturated heterocycles. The largest absolute Gasteiger partial charge is 0.344 e. The van der Waals surface area contributed by atoms with Crippen molar-refractivity contribution in [2.75, 3.05) is 13.6 Å². The van der Waals surface area contributed by atoms with Gasteiger partial charge in [-0.05, 0) is 25.1 Å². The lowest BCUT2D eigenvalue weighted by molar-refractivity contribution is -0.130. The van der Waals surface area contributed by atoms with Gasteiger partial charge in [0.15, 0.2) is 0 Å². The van der Waals surface area contributed by atoms with Crippen molar-refractivity contribution in [2.45, 2.75) is 19.3 Å². The third kappa shape index (κ3) is 2.85. The molecule has 0 aliphatic carbocycles. The van der Waals surface area contributed by atoms with Gasteiger partial charge in [-0.25, -0.2) is 4.98 Å². The van der Waals surface area contributed by atoms with Crippen LogP contribution in [0, 0.1) is 0 Å². The predicted octanol–water partition coefficient (Wildman–Crippen LogP) is 2.91. The molecule has 0 spiro atoms. The molecule has 0 N–H and O–H groups in total. The van der Waals surface area contributed by atoms with Crippen LogP contribution in [0.2, 0.25) is 5.02 Å². The van der Waals surface area contributed by atoms with Crippen molar-refractivity contribution in [1.82, 2.24) is 14.5 Å². The lowest BCUT2D eigenvalue weighted by atomic mass is 10.3. The second-order valence-electron chi connectivity index (χ2n) is 4.29. The summed E-state index contributed by atoms with van der Waals surface area (Å²) in [4.78, 5) is 18.1. The van der Waals surface area contributed by atoms with Gasteiger partial charge in [-0.15, -0.1) is 11.6 Å². The van der Waals surface area contributed by atoms with E-state index in [9.17, 15) is 4.79 Å². The van der Waals surface area contributed by atoms with Crippen LogP contribution in [0.25, 0.3) is 11.0 Å². The van der Waals surface area contributed by atoms with E-state index in [0.29, 0.717) is 17.4 Å². The first-order chi connectivity index (χ1) is 9.06. The molecule has 2 aromatic rings. The van der Waals surface area contributed by atoms with Gasteiger partial charge in [0.1, 0.15) is 12.4 Å². The fourth-order valence-corrected chi connectivity index (χ4v) is 2.23. The lowest BCUT2D eigenvalue weighted by Crippen LogP contribution is -2.30. The Morgan fingerprint density at radius 1 is 1.47 bits per heavy atom. The zero-order valence-corrected chi connectivity index (χ0v) is 12.4. The molecule has 0 aliphatic rings. The SMILES string of the molecule is CCN(C)C(=O)Cn1c(CCl)nc2cc(Cl)ccc21. The van der Waals surface area contributed by atoms with Crippen molar-refractivity contribution in [2.24, 2.45) is 0 Å². The smallest absolute Gasteiger partial charge is 0.242 e. The Hall–Kier alpha value is -1.26. The van der Waals surface area contributed by atoms with Crippen molar-refractivity contribution >= 4 is 40.1 Å². The van der Waals surface area contributed by atoms with Gasteiger partial charge in [-0.2, -0.15) is 0 Å². The maximum atomic E-state index is 12.0. The number of nitrogens with zero attached hydrogens (tertiary/aromatic N) is 3. The third-order valence-electron chi connectivity index (χ3n) is 3.10. The number of benzene rings is 1. The number of halogens is 2. The fourth-order valence-electron chi connectivity index (χ4n) is 1.86. The van der Waals surface area contributed by atoms with Crippen LogP contribution in [0.3, 0.4) is 0 Å². The van der Waals surface area contributed by atoms with Crippen LogP contribution in [0.1, 0.15) is 12.7 Å². The number of amides is 1. The zero-order valence-electron chi connectivity index (χ0n) is 10.9. The van der Waals surface area contributed by atoms with E-state index in [-0.39, 0.29) is 18.3 Å². The number of alkyl halides is 1. The number of carbonyl (C=O) groups is 1. The highest BCUT2D eigenvalue weighted by Gasteiger charge is 2.15. The van der Waals surface area contributed by atoms with Crippen molar-refractivity contribution < 1.29 is 4.79 Å². The van der Waals surface area contributed by atoms with E-state index >= 15 is 0 Å². The molecular formula is C13H15Cl2N3O. The minimum absolute atomic E-state index is 0.0307. The number of imidazole rings is 1. The van der Waals surface area contributed by atoms with Gasteiger partial charge in [-0.1, -0.05) is 11.6 Å². The molecule has 1 aromatic heterocycles. The Morgan fingerprint density at radius 2 is 2.21 bits per heavy atom. The Bertz CT molecular complexity index is 609. The Balaban J connectivity index is 2.43. The summed E-state index contributed by atoms with van der Waals surface area (Å²) < 4.78 is 1.84. The monoisotopic (exact) mass is 299 g/mol.